The predicted octanol–water partition coefficient (Wildman–Crippen LogP) is 4.60. The molecule has 0 aliphatic carbocycles. The first-order valence-corrected chi connectivity index (χ1v) is 6.03. The molecule has 0 spiro atoms. The summed E-state index contributed by atoms with van der Waals surface area (Å²) >= 11 is 0. The number of Topliss-reactive ketones (excluding diaryl/α,β-unsaturated/α-hetero) is 1. The van der Waals surface area contributed by atoms with E-state index in [0.717, 1.165) is 31.3 Å². The van der Waals surface area contributed by atoms with Gasteiger partial charge in [0.1, 0.15) is 0 Å². The van der Waals surface area contributed by atoms with Crippen LogP contribution in [-0.2, 0) is 4.79 Å². The SMILES string of the molecule is CC=CCCC=CCCC(C)=C(C)C(C)=O. The molecule has 0 amide bonds. The van der Waals surface area contributed by atoms with Crippen molar-refractivity contribution in [2.24, 2.45) is 0 Å². The van der Waals surface area contributed by atoms with Crippen molar-refractivity contribution in [3.63, 3.8) is 0 Å². The maximum Gasteiger partial charge on any atom is 0.155 e. The summed E-state index contributed by atoms with van der Waals surface area (Å²) in [5.41, 5.74) is 2.13. The van der Waals surface area contributed by atoms with Crippen LogP contribution in [0.4, 0.5) is 0 Å². The second-order valence-electron chi connectivity index (χ2n) is 4.12. The Morgan fingerprint density at radius 2 is 1.50 bits per heavy atom. The number of allylic oxidation sites excluding steroid dienone is 6. The monoisotopic (exact) mass is 220 g/mol. The van der Waals surface area contributed by atoms with Gasteiger partial charge in [-0.2, -0.15) is 0 Å². The van der Waals surface area contributed by atoms with Crippen LogP contribution in [0.25, 0.3) is 0 Å². The minimum Gasteiger partial charge on any atom is -0.295 e. The van der Waals surface area contributed by atoms with E-state index in [0.29, 0.717) is 0 Å². The number of hydrogen-bond donors (Lipinski definition) is 0. The van der Waals surface area contributed by atoms with Crippen molar-refractivity contribution in [1.82, 2.24) is 0 Å². The van der Waals surface area contributed by atoms with Crippen molar-refractivity contribution in [3.8, 4) is 0 Å². The number of rotatable bonds is 7. The second-order valence-corrected chi connectivity index (χ2v) is 4.12. The number of carbonyl (C=O) groups excluding carboxylic acids is 1. The third-order valence-electron chi connectivity index (χ3n) is 2.76. The minimum absolute atomic E-state index is 0.189. The Bertz CT molecular complexity index is 293. The number of hydrogen-bond acceptors (Lipinski definition) is 1. The van der Waals surface area contributed by atoms with Crippen molar-refractivity contribution in [3.05, 3.63) is 35.5 Å². The van der Waals surface area contributed by atoms with Crippen LogP contribution in [0, 0.1) is 0 Å². The first-order valence-electron chi connectivity index (χ1n) is 6.03. The Balaban J connectivity index is 3.81. The molecule has 0 atom stereocenters. The molecule has 16 heavy (non-hydrogen) atoms. The Hall–Kier alpha value is -1.11. The Labute approximate surface area is 99.9 Å². The molecule has 0 aromatic rings. The Morgan fingerprint density at radius 1 is 0.938 bits per heavy atom. The molecule has 0 saturated carbocycles. The molecule has 1 nitrogen and oxygen atoms in total. The van der Waals surface area contributed by atoms with Gasteiger partial charge in [0, 0.05) is 0 Å². The molecular formula is C15H24O. The van der Waals surface area contributed by atoms with Crippen LogP contribution in [0.3, 0.4) is 0 Å². The lowest BCUT2D eigenvalue weighted by Gasteiger charge is -2.02. The molecule has 0 aliphatic heterocycles. The zero-order valence-electron chi connectivity index (χ0n) is 11.0. The van der Waals surface area contributed by atoms with Crippen LogP contribution < -0.4 is 0 Å². The molecule has 0 N–H and O–H groups in total. The van der Waals surface area contributed by atoms with Gasteiger partial charge in [-0.3, -0.25) is 4.79 Å². The Morgan fingerprint density at radius 3 is 2.06 bits per heavy atom. The third-order valence-corrected chi connectivity index (χ3v) is 2.76. The minimum atomic E-state index is 0.189. The predicted molar refractivity (Wildman–Crippen MR) is 71.5 cm³/mol. The summed E-state index contributed by atoms with van der Waals surface area (Å²) in [4.78, 5) is 11.1. The van der Waals surface area contributed by atoms with Crippen LogP contribution in [0.5, 0.6) is 0 Å². The van der Waals surface area contributed by atoms with Gasteiger partial charge in [0.25, 0.3) is 0 Å². The molecule has 0 rings (SSSR count). The summed E-state index contributed by atoms with van der Waals surface area (Å²) in [6, 6.07) is 0. The number of unbranched alkanes of at least 4 members (excludes halogenated alkanes) is 1. The van der Waals surface area contributed by atoms with Crippen LogP contribution in [0.15, 0.2) is 35.5 Å². The quantitative estimate of drug-likeness (QED) is 0.348. The molecule has 0 bridgehead atoms. The lowest BCUT2D eigenvalue weighted by Crippen LogP contribution is -1.95. The molecule has 0 aromatic heterocycles. The van der Waals surface area contributed by atoms with Gasteiger partial charge < -0.3 is 0 Å². The summed E-state index contributed by atoms with van der Waals surface area (Å²) < 4.78 is 0. The lowest BCUT2D eigenvalue weighted by atomic mass is 10.0. The van der Waals surface area contributed by atoms with Crippen LogP contribution in [-0.4, -0.2) is 5.78 Å². The molecule has 0 aromatic carbocycles. The van der Waals surface area contributed by atoms with Gasteiger partial charge >= 0.3 is 0 Å². The van der Waals surface area contributed by atoms with Crippen LogP contribution in [0.1, 0.15) is 53.4 Å². The van der Waals surface area contributed by atoms with E-state index in [4.69, 9.17) is 0 Å². The molecule has 0 radical (unpaired) electrons. The van der Waals surface area contributed by atoms with Crippen molar-refractivity contribution in [1.29, 1.82) is 0 Å². The third kappa shape index (κ3) is 7.22. The van der Waals surface area contributed by atoms with Gasteiger partial charge in [0.15, 0.2) is 5.78 Å². The summed E-state index contributed by atoms with van der Waals surface area (Å²) in [7, 11) is 0. The number of ketones is 1. The normalized spacial score (nSPS) is 13.5. The summed E-state index contributed by atoms with van der Waals surface area (Å²) in [6.45, 7) is 7.63. The van der Waals surface area contributed by atoms with Crippen molar-refractivity contribution >= 4 is 5.78 Å². The van der Waals surface area contributed by atoms with Gasteiger partial charge in [0.05, 0.1) is 0 Å². The molecule has 0 heterocycles. The van der Waals surface area contributed by atoms with Crippen molar-refractivity contribution in [2.75, 3.05) is 0 Å². The van der Waals surface area contributed by atoms with Gasteiger partial charge in [-0.25, -0.2) is 0 Å². The average Bonchev–Trinajstić information content (AvgIpc) is 2.26. The summed E-state index contributed by atoms with van der Waals surface area (Å²) in [5, 5.41) is 0. The molecule has 90 valence electrons. The van der Waals surface area contributed by atoms with Gasteiger partial charge in [-0.05, 0) is 59.0 Å². The van der Waals surface area contributed by atoms with E-state index < -0.39 is 0 Å². The first kappa shape index (κ1) is 14.9. The average molecular weight is 220 g/mol. The second kappa shape index (κ2) is 9.14. The fourth-order valence-electron chi connectivity index (χ4n) is 1.38. The molecule has 0 unspecified atom stereocenters. The van der Waals surface area contributed by atoms with Gasteiger partial charge in [-0.1, -0.05) is 29.9 Å². The zero-order valence-corrected chi connectivity index (χ0v) is 11.0. The highest BCUT2D eigenvalue weighted by Gasteiger charge is 2.00. The van der Waals surface area contributed by atoms with Crippen molar-refractivity contribution < 1.29 is 4.79 Å². The van der Waals surface area contributed by atoms with E-state index in [9.17, 15) is 4.79 Å². The molecule has 0 saturated heterocycles. The van der Waals surface area contributed by atoms with E-state index in [1.54, 1.807) is 6.92 Å². The first-order chi connectivity index (χ1) is 7.59. The highest BCUT2D eigenvalue weighted by atomic mass is 16.1. The summed E-state index contributed by atoms with van der Waals surface area (Å²) in [6.07, 6.45) is 12.9. The largest absolute Gasteiger partial charge is 0.295 e. The fraction of sp³-hybridized carbons (Fsp3) is 0.533. The smallest absolute Gasteiger partial charge is 0.155 e. The van der Waals surface area contributed by atoms with Crippen LogP contribution in [0.2, 0.25) is 0 Å². The highest BCUT2D eigenvalue weighted by Crippen LogP contribution is 2.11. The zero-order chi connectivity index (χ0) is 12.4. The lowest BCUT2D eigenvalue weighted by molar-refractivity contribution is -0.113. The van der Waals surface area contributed by atoms with E-state index in [1.807, 2.05) is 20.8 Å². The van der Waals surface area contributed by atoms with E-state index in [-0.39, 0.29) is 5.78 Å². The maximum atomic E-state index is 11.1. The van der Waals surface area contributed by atoms with E-state index in [1.165, 1.54) is 5.57 Å². The standard InChI is InChI=1S/C15H24O/c1-5-6-7-8-9-10-11-12-13(2)14(3)15(4)16/h5-6,9-10H,7-8,11-12H2,1-4H3. The summed E-state index contributed by atoms with van der Waals surface area (Å²) in [5.74, 6) is 0.189. The molecular weight excluding hydrogens is 196 g/mol. The van der Waals surface area contributed by atoms with Crippen molar-refractivity contribution in [2.45, 2.75) is 53.4 Å². The van der Waals surface area contributed by atoms with E-state index >= 15 is 0 Å². The van der Waals surface area contributed by atoms with E-state index in [2.05, 4.69) is 24.3 Å². The Kier molecular flexibility index (Phi) is 8.51. The van der Waals surface area contributed by atoms with Gasteiger partial charge in [0.2, 0.25) is 0 Å². The molecule has 0 aliphatic rings. The number of carbonyl (C=O) groups is 1. The maximum absolute atomic E-state index is 11.1. The van der Waals surface area contributed by atoms with Crippen LogP contribution >= 0.6 is 0 Å². The topological polar surface area (TPSA) is 17.1 Å². The highest BCUT2D eigenvalue weighted by molar-refractivity contribution is 5.93. The fourth-order valence-corrected chi connectivity index (χ4v) is 1.38. The molecule has 0 fully saturated rings. The van der Waals surface area contributed by atoms with Gasteiger partial charge in [-0.15, -0.1) is 0 Å². The molecule has 1 heteroatoms.